The highest BCUT2D eigenvalue weighted by atomic mass is 16.5. The normalized spacial score (nSPS) is 18.6. The third-order valence-corrected chi connectivity index (χ3v) is 4.46. The Morgan fingerprint density at radius 3 is 2.40 bits per heavy atom. The summed E-state index contributed by atoms with van der Waals surface area (Å²) in [6.07, 6.45) is -0.231. The Morgan fingerprint density at radius 2 is 1.72 bits per heavy atom. The van der Waals surface area contributed by atoms with Gasteiger partial charge in [-0.1, -0.05) is 48.5 Å². The van der Waals surface area contributed by atoms with Gasteiger partial charge in [0.15, 0.2) is 0 Å². The molecule has 0 saturated heterocycles. The van der Waals surface area contributed by atoms with Gasteiger partial charge in [0.1, 0.15) is 0 Å². The van der Waals surface area contributed by atoms with Crippen LogP contribution in [0.5, 0.6) is 0 Å². The zero-order valence-corrected chi connectivity index (χ0v) is 14.3. The van der Waals surface area contributed by atoms with Gasteiger partial charge in [-0.15, -0.1) is 0 Å². The van der Waals surface area contributed by atoms with Crippen molar-refractivity contribution in [2.24, 2.45) is 0 Å². The summed E-state index contributed by atoms with van der Waals surface area (Å²) in [6.45, 7) is 2.12. The quantitative estimate of drug-likeness (QED) is 0.789. The fourth-order valence-corrected chi connectivity index (χ4v) is 3.48. The second-order valence-electron chi connectivity index (χ2n) is 5.87. The lowest BCUT2D eigenvalue weighted by Gasteiger charge is -2.28. The van der Waals surface area contributed by atoms with Crippen molar-refractivity contribution in [2.45, 2.75) is 25.3 Å². The maximum atomic E-state index is 12.5. The predicted molar refractivity (Wildman–Crippen MR) is 94.5 cm³/mol. The Balaban J connectivity index is 2.08. The largest absolute Gasteiger partial charge is 0.466 e. The Labute approximate surface area is 147 Å². The summed E-state index contributed by atoms with van der Waals surface area (Å²) in [5.74, 6) is -0.452. The van der Waals surface area contributed by atoms with Crippen LogP contribution in [0.4, 0.5) is 10.5 Å². The number of rotatable bonds is 4. The van der Waals surface area contributed by atoms with E-state index in [9.17, 15) is 9.59 Å². The first-order valence-corrected chi connectivity index (χ1v) is 8.34. The summed E-state index contributed by atoms with van der Waals surface area (Å²) in [7, 11) is 1.37. The molecule has 0 radical (unpaired) electrons. The number of ether oxygens (including phenoxy) is 2. The number of esters is 1. The number of anilines is 1. The van der Waals surface area contributed by atoms with Crippen molar-refractivity contribution in [3.63, 3.8) is 0 Å². The number of para-hydroxylation sites is 1. The first kappa shape index (κ1) is 17.0. The summed E-state index contributed by atoms with van der Waals surface area (Å²) in [5, 5.41) is 0. The number of nitrogens with zero attached hydrogens (tertiary/aromatic N) is 1. The second kappa shape index (κ2) is 7.38. The number of fused-ring (bicyclic) bond motifs is 1. The van der Waals surface area contributed by atoms with Gasteiger partial charge in [0.2, 0.25) is 0 Å². The summed E-state index contributed by atoms with van der Waals surface area (Å²) < 4.78 is 10.2. The minimum absolute atomic E-state index is 0.184. The van der Waals surface area contributed by atoms with E-state index in [1.54, 1.807) is 11.8 Å². The van der Waals surface area contributed by atoms with Gasteiger partial charge in [-0.3, -0.25) is 9.69 Å². The fraction of sp³-hybridized carbons (Fsp3) is 0.300. The van der Waals surface area contributed by atoms with Crippen LogP contribution in [0.1, 0.15) is 36.4 Å². The smallest absolute Gasteiger partial charge is 0.414 e. The van der Waals surface area contributed by atoms with Crippen molar-refractivity contribution in [2.75, 3.05) is 18.6 Å². The molecule has 1 aliphatic rings. The predicted octanol–water partition coefficient (Wildman–Crippen LogP) is 4.05. The molecule has 2 atom stereocenters. The van der Waals surface area contributed by atoms with Gasteiger partial charge in [0.25, 0.3) is 0 Å². The lowest BCUT2D eigenvalue weighted by atomic mass is 9.87. The number of carbonyl (C=O) groups excluding carboxylic acids is 2. The van der Waals surface area contributed by atoms with Crippen LogP contribution >= 0.6 is 0 Å². The van der Waals surface area contributed by atoms with Gasteiger partial charge in [-0.25, -0.2) is 4.79 Å². The number of benzene rings is 2. The first-order chi connectivity index (χ1) is 12.2. The molecule has 25 heavy (non-hydrogen) atoms. The highest BCUT2D eigenvalue weighted by Gasteiger charge is 2.44. The minimum atomic E-state index is -0.437. The van der Waals surface area contributed by atoms with Crippen molar-refractivity contribution < 1.29 is 19.1 Å². The lowest BCUT2D eigenvalue weighted by molar-refractivity contribution is -0.143. The van der Waals surface area contributed by atoms with Crippen LogP contribution in [0.15, 0.2) is 54.6 Å². The van der Waals surface area contributed by atoms with Crippen molar-refractivity contribution in [1.82, 2.24) is 0 Å². The van der Waals surface area contributed by atoms with Gasteiger partial charge in [-0.2, -0.15) is 0 Å². The number of hydrogen-bond acceptors (Lipinski definition) is 4. The summed E-state index contributed by atoms with van der Waals surface area (Å²) in [4.78, 5) is 26.3. The highest BCUT2D eigenvalue weighted by Crippen LogP contribution is 2.50. The SMILES string of the molecule is CCOC(=O)C[C@@H]1c2ccccc2N(C(=O)OC)[C@@H]1c1ccccc1. The molecule has 5 heteroatoms. The molecular weight excluding hydrogens is 318 g/mol. The topological polar surface area (TPSA) is 55.8 Å². The number of methoxy groups -OCH3 is 1. The van der Waals surface area contributed by atoms with Crippen LogP contribution in [-0.2, 0) is 14.3 Å². The molecule has 0 aliphatic carbocycles. The molecular formula is C20H21NO4. The minimum Gasteiger partial charge on any atom is -0.466 e. The van der Waals surface area contributed by atoms with E-state index in [1.807, 2.05) is 54.6 Å². The fourth-order valence-electron chi connectivity index (χ4n) is 3.48. The molecule has 5 nitrogen and oxygen atoms in total. The third-order valence-electron chi connectivity index (χ3n) is 4.46. The molecule has 1 aliphatic heterocycles. The monoisotopic (exact) mass is 339 g/mol. The van der Waals surface area contributed by atoms with Crippen LogP contribution in [0.25, 0.3) is 0 Å². The Kier molecular flexibility index (Phi) is 5.03. The van der Waals surface area contributed by atoms with Gasteiger partial charge in [0, 0.05) is 5.92 Å². The molecule has 2 aromatic rings. The molecule has 1 amide bonds. The van der Waals surface area contributed by atoms with Crippen molar-refractivity contribution in [1.29, 1.82) is 0 Å². The molecule has 3 rings (SSSR count). The van der Waals surface area contributed by atoms with E-state index in [2.05, 4.69) is 0 Å². The van der Waals surface area contributed by atoms with Crippen LogP contribution in [-0.4, -0.2) is 25.8 Å². The van der Waals surface area contributed by atoms with E-state index in [0.717, 1.165) is 16.8 Å². The molecule has 1 heterocycles. The average molecular weight is 339 g/mol. The van der Waals surface area contributed by atoms with Crippen molar-refractivity contribution in [3.8, 4) is 0 Å². The van der Waals surface area contributed by atoms with Gasteiger partial charge in [-0.05, 0) is 24.1 Å². The van der Waals surface area contributed by atoms with E-state index in [1.165, 1.54) is 7.11 Å². The Bertz CT molecular complexity index is 759. The Morgan fingerprint density at radius 1 is 1.04 bits per heavy atom. The molecule has 0 spiro atoms. The number of amides is 1. The molecule has 0 saturated carbocycles. The summed E-state index contributed by atoms with van der Waals surface area (Å²) in [5.41, 5.74) is 2.69. The third kappa shape index (κ3) is 3.22. The molecule has 130 valence electrons. The Hall–Kier alpha value is -2.82. The van der Waals surface area contributed by atoms with Gasteiger partial charge < -0.3 is 9.47 Å². The maximum Gasteiger partial charge on any atom is 0.414 e. The second-order valence-corrected chi connectivity index (χ2v) is 5.87. The lowest BCUT2D eigenvalue weighted by Crippen LogP contribution is -2.33. The first-order valence-electron chi connectivity index (χ1n) is 8.34. The van der Waals surface area contributed by atoms with Crippen LogP contribution in [0.3, 0.4) is 0 Å². The van der Waals surface area contributed by atoms with E-state index >= 15 is 0 Å². The number of hydrogen-bond donors (Lipinski definition) is 0. The van der Waals surface area contributed by atoms with Crippen molar-refractivity contribution >= 4 is 17.7 Å². The summed E-state index contributed by atoms with van der Waals surface area (Å²) >= 11 is 0. The van der Waals surface area contributed by atoms with E-state index < -0.39 is 6.09 Å². The van der Waals surface area contributed by atoms with E-state index in [0.29, 0.717) is 6.61 Å². The molecule has 0 aromatic heterocycles. The van der Waals surface area contributed by atoms with Gasteiger partial charge >= 0.3 is 12.1 Å². The molecule has 0 bridgehead atoms. The number of carbonyl (C=O) groups is 2. The molecule has 0 N–H and O–H groups in total. The van der Waals surface area contributed by atoms with Crippen LogP contribution in [0, 0.1) is 0 Å². The van der Waals surface area contributed by atoms with Crippen molar-refractivity contribution in [3.05, 3.63) is 65.7 Å². The summed E-state index contributed by atoms with van der Waals surface area (Å²) in [6, 6.07) is 17.0. The molecule has 2 aromatic carbocycles. The standard InChI is InChI=1S/C20H21NO4/c1-3-25-18(22)13-16-15-11-7-8-12-17(15)21(20(23)24-2)19(16)14-9-5-4-6-10-14/h4-12,16,19H,3,13H2,1-2H3/t16-,19-/m1/s1. The maximum absolute atomic E-state index is 12.5. The van der Waals surface area contributed by atoms with Gasteiger partial charge in [0.05, 0.1) is 31.9 Å². The zero-order chi connectivity index (χ0) is 17.8. The van der Waals surface area contributed by atoms with Crippen LogP contribution < -0.4 is 4.90 Å². The average Bonchev–Trinajstić information content (AvgIpc) is 2.96. The van der Waals surface area contributed by atoms with E-state index in [-0.39, 0.29) is 24.3 Å². The van der Waals surface area contributed by atoms with Crippen LogP contribution in [0.2, 0.25) is 0 Å². The molecule has 0 unspecified atom stereocenters. The highest BCUT2D eigenvalue weighted by molar-refractivity contribution is 5.92. The van der Waals surface area contributed by atoms with E-state index in [4.69, 9.17) is 9.47 Å². The zero-order valence-electron chi connectivity index (χ0n) is 14.3. The molecule has 0 fully saturated rings.